The molecule has 1 aliphatic rings. The number of aromatic nitrogens is 1. The third kappa shape index (κ3) is 4.93. The fraction of sp³-hybridized carbons (Fsp3) is 0.625. The summed E-state index contributed by atoms with van der Waals surface area (Å²) in [5.41, 5.74) is 1.97. The molecule has 1 aromatic rings. The Bertz CT molecular complexity index is 426. The Kier molecular flexibility index (Phi) is 8.07. The number of hydrogen-bond acceptors (Lipinski definition) is 3. The van der Waals surface area contributed by atoms with Crippen LogP contribution in [0.25, 0.3) is 0 Å². The summed E-state index contributed by atoms with van der Waals surface area (Å²) in [5, 5.41) is 11.9. The fourth-order valence-corrected chi connectivity index (χ4v) is 1.54. The lowest BCUT2D eigenvalue weighted by atomic mass is 10.2. The van der Waals surface area contributed by atoms with Crippen LogP contribution in [-0.4, -0.2) is 28.1 Å². The van der Waals surface area contributed by atoms with Crippen molar-refractivity contribution in [2.24, 2.45) is 0 Å². The molecule has 0 radical (unpaired) electrons. The first-order chi connectivity index (χ1) is 9.56. The molecule has 20 heavy (non-hydrogen) atoms. The van der Waals surface area contributed by atoms with E-state index in [1.165, 1.54) is 0 Å². The van der Waals surface area contributed by atoms with Crippen molar-refractivity contribution in [1.29, 1.82) is 0 Å². The number of nitrogens with one attached hydrogen (secondary N) is 1. The van der Waals surface area contributed by atoms with Crippen molar-refractivity contribution in [2.75, 3.05) is 6.61 Å². The van der Waals surface area contributed by atoms with Crippen molar-refractivity contribution in [3.63, 3.8) is 0 Å². The molecule has 1 amide bonds. The number of aliphatic hydroxyl groups is 1. The standard InChI is InChI=1S/C12H16N2O2.2C2H6/c1-8-3-4-10(13-9(8)2)11(16)14-12(7-15)5-6-12;2*1-2/h3-4,15H,5-7H2,1-2H3,(H,14,16);2*1-2H3. The lowest BCUT2D eigenvalue weighted by Crippen LogP contribution is -2.40. The van der Waals surface area contributed by atoms with Crippen LogP contribution in [0.5, 0.6) is 0 Å². The van der Waals surface area contributed by atoms with Crippen LogP contribution in [0.2, 0.25) is 0 Å². The van der Waals surface area contributed by atoms with E-state index in [2.05, 4.69) is 10.3 Å². The van der Waals surface area contributed by atoms with Gasteiger partial charge in [0.15, 0.2) is 0 Å². The van der Waals surface area contributed by atoms with Crippen LogP contribution < -0.4 is 5.32 Å². The number of nitrogens with zero attached hydrogens (tertiary/aromatic N) is 1. The summed E-state index contributed by atoms with van der Waals surface area (Å²) in [6.45, 7) is 11.8. The van der Waals surface area contributed by atoms with Gasteiger partial charge in [-0.3, -0.25) is 4.79 Å². The first-order valence-corrected chi connectivity index (χ1v) is 7.44. The van der Waals surface area contributed by atoms with Crippen LogP contribution in [0.15, 0.2) is 12.1 Å². The molecule has 0 atom stereocenters. The number of aliphatic hydroxyl groups excluding tert-OH is 1. The maximum atomic E-state index is 11.8. The van der Waals surface area contributed by atoms with Gasteiger partial charge in [-0.2, -0.15) is 0 Å². The van der Waals surface area contributed by atoms with Crippen LogP contribution in [-0.2, 0) is 0 Å². The molecule has 0 aliphatic heterocycles. The maximum Gasteiger partial charge on any atom is 0.270 e. The molecule has 2 rings (SSSR count). The minimum Gasteiger partial charge on any atom is -0.394 e. The Balaban J connectivity index is 0.000000829. The lowest BCUT2D eigenvalue weighted by molar-refractivity contribution is 0.0901. The van der Waals surface area contributed by atoms with E-state index in [0.29, 0.717) is 5.69 Å². The molecule has 4 nitrogen and oxygen atoms in total. The summed E-state index contributed by atoms with van der Waals surface area (Å²) < 4.78 is 0. The van der Waals surface area contributed by atoms with Crippen molar-refractivity contribution in [1.82, 2.24) is 10.3 Å². The third-order valence-electron chi connectivity index (χ3n) is 3.12. The van der Waals surface area contributed by atoms with Crippen LogP contribution in [0, 0.1) is 13.8 Å². The first kappa shape index (κ1) is 18.6. The van der Waals surface area contributed by atoms with Gasteiger partial charge in [0.2, 0.25) is 0 Å². The molecule has 0 spiro atoms. The molecular weight excluding hydrogens is 252 g/mol. The summed E-state index contributed by atoms with van der Waals surface area (Å²) in [5.74, 6) is -0.199. The summed E-state index contributed by atoms with van der Waals surface area (Å²) in [7, 11) is 0. The van der Waals surface area contributed by atoms with E-state index in [-0.39, 0.29) is 18.1 Å². The van der Waals surface area contributed by atoms with Gasteiger partial charge in [-0.15, -0.1) is 0 Å². The second kappa shape index (κ2) is 8.69. The number of aryl methyl sites for hydroxylation is 2. The molecule has 4 heteroatoms. The molecule has 1 aliphatic carbocycles. The van der Waals surface area contributed by atoms with Crippen LogP contribution in [0.3, 0.4) is 0 Å². The van der Waals surface area contributed by atoms with E-state index in [1.807, 2.05) is 47.6 Å². The Labute approximate surface area is 122 Å². The summed E-state index contributed by atoms with van der Waals surface area (Å²) in [4.78, 5) is 16.1. The average molecular weight is 280 g/mol. The smallest absolute Gasteiger partial charge is 0.270 e. The van der Waals surface area contributed by atoms with Crippen molar-refractivity contribution < 1.29 is 9.90 Å². The Hall–Kier alpha value is -1.42. The molecule has 114 valence electrons. The highest BCUT2D eigenvalue weighted by Gasteiger charge is 2.43. The van der Waals surface area contributed by atoms with Gasteiger partial charge in [-0.05, 0) is 38.3 Å². The number of hydrogen-bond donors (Lipinski definition) is 2. The largest absolute Gasteiger partial charge is 0.394 e. The van der Waals surface area contributed by atoms with Gasteiger partial charge in [0, 0.05) is 5.69 Å². The van der Waals surface area contributed by atoms with E-state index >= 15 is 0 Å². The number of carbonyl (C=O) groups excluding carboxylic acids is 1. The highest BCUT2D eigenvalue weighted by atomic mass is 16.3. The summed E-state index contributed by atoms with van der Waals surface area (Å²) in [6.07, 6.45) is 1.69. The van der Waals surface area contributed by atoms with Crippen LogP contribution in [0.4, 0.5) is 0 Å². The molecule has 0 aromatic carbocycles. The number of rotatable bonds is 3. The monoisotopic (exact) mass is 280 g/mol. The van der Waals surface area contributed by atoms with Crippen molar-refractivity contribution in [3.05, 3.63) is 29.1 Å². The summed E-state index contributed by atoms with van der Waals surface area (Å²) >= 11 is 0. The quantitative estimate of drug-likeness (QED) is 0.894. The van der Waals surface area contributed by atoms with Gasteiger partial charge in [0.25, 0.3) is 5.91 Å². The van der Waals surface area contributed by atoms with E-state index in [0.717, 1.165) is 24.1 Å². The molecule has 2 N–H and O–H groups in total. The van der Waals surface area contributed by atoms with Crippen molar-refractivity contribution in [2.45, 2.75) is 59.9 Å². The van der Waals surface area contributed by atoms with Gasteiger partial charge in [0.1, 0.15) is 5.69 Å². The normalized spacial score (nSPS) is 14.2. The van der Waals surface area contributed by atoms with E-state index in [9.17, 15) is 4.79 Å². The SMILES string of the molecule is CC.CC.Cc1ccc(C(=O)NC2(CO)CC2)nc1C. The second-order valence-corrected chi connectivity index (χ2v) is 4.49. The second-order valence-electron chi connectivity index (χ2n) is 4.49. The molecule has 1 aromatic heterocycles. The van der Waals surface area contributed by atoms with E-state index < -0.39 is 0 Å². The predicted molar refractivity (Wildman–Crippen MR) is 82.9 cm³/mol. The predicted octanol–water partition coefficient (Wildman–Crippen LogP) is 3.01. The molecule has 1 heterocycles. The van der Waals surface area contributed by atoms with Crippen LogP contribution in [0.1, 0.15) is 62.3 Å². The minimum atomic E-state index is -0.377. The van der Waals surface area contributed by atoms with Gasteiger partial charge < -0.3 is 10.4 Å². The fourth-order valence-electron chi connectivity index (χ4n) is 1.54. The molecule has 1 saturated carbocycles. The van der Waals surface area contributed by atoms with E-state index in [1.54, 1.807) is 6.07 Å². The summed E-state index contributed by atoms with van der Waals surface area (Å²) in [6, 6.07) is 3.60. The number of carbonyl (C=O) groups is 1. The van der Waals surface area contributed by atoms with Gasteiger partial charge in [0.05, 0.1) is 12.1 Å². The minimum absolute atomic E-state index is 0.00356. The lowest BCUT2D eigenvalue weighted by Gasteiger charge is -2.14. The Morgan fingerprint density at radius 3 is 2.20 bits per heavy atom. The highest BCUT2D eigenvalue weighted by molar-refractivity contribution is 5.93. The molecule has 0 saturated heterocycles. The van der Waals surface area contributed by atoms with Crippen LogP contribution >= 0.6 is 0 Å². The Morgan fingerprint density at radius 2 is 1.80 bits per heavy atom. The number of pyridine rings is 1. The third-order valence-corrected chi connectivity index (χ3v) is 3.12. The van der Waals surface area contributed by atoms with Crippen molar-refractivity contribution in [3.8, 4) is 0 Å². The average Bonchev–Trinajstić information content (AvgIpc) is 3.26. The maximum absolute atomic E-state index is 11.8. The molecule has 0 unspecified atom stereocenters. The molecule has 0 bridgehead atoms. The molecular formula is C16H28N2O2. The zero-order valence-electron chi connectivity index (χ0n) is 13.6. The van der Waals surface area contributed by atoms with Crippen molar-refractivity contribution >= 4 is 5.91 Å². The number of amides is 1. The van der Waals surface area contributed by atoms with Gasteiger partial charge >= 0.3 is 0 Å². The van der Waals surface area contributed by atoms with E-state index in [4.69, 9.17) is 5.11 Å². The Morgan fingerprint density at radius 1 is 1.25 bits per heavy atom. The zero-order valence-corrected chi connectivity index (χ0v) is 13.6. The highest BCUT2D eigenvalue weighted by Crippen LogP contribution is 2.34. The van der Waals surface area contributed by atoms with Gasteiger partial charge in [-0.1, -0.05) is 33.8 Å². The molecule has 1 fully saturated rings. The first-order valence-electron chi connectivity index (χ1n) is 7.44. The topological polar surface area (TPSA) is 62.2 Å². The zero-order chi connectivity index (χ0) is 15.8. The van der Waals surface area contributed by atoms with Gasteiger partial charge in [-0.25, -0.2) is 4.98 Å².